The predicted octanol–water partition coefficient (Wildman–Crippen LogP) is 2.10. The average Bonchev–Trinajstić information content (AvgIpc) is 3.28. The Bertz CT molecular complexity index is 1150. The summed E-state index contributed by atoms with van der Waals surface area (Å²) >= 11 is 6.05. The number of carboxylic acids is 1. The topological polar surface area (TPSA) is 139 Å². The number of aliphatic carboxylic acids is 1. The van der Waals surface area contributed by atoms with E-state index in [9.17, 15) is 14.4 Å². The van der Waals surface area contributed by atoms with E-state index in [1.807, 2.05) is 0 Å². The van der Waals surface area contributed by atoms with Crippen molar-refractivity contribution in [2.45, 2.75) is 19.4 Å². The van der Waals surface area contributed by atoms with Crippen molar-refractivity contribution in [3.8, 4) is 5.69 Å². The van der Waals surface area contributed by atoms with Crippen LogP contribution in [-0.4, -0.2) is 49.1 Å². The molecular weight excluding hydrogens is 436 g/mol. The van der Waals surface area contributed by atoms with Crippen LogP contribution >= 0.6 is 11.6 Å². The van der Waals surface area contributed by atoms with Crippen molar-refractivity contribution < 1.29 is 19.5 Å². The zero-order valence-electron chi connectivity index (χ0n) is 16.9. The molecule has 10 nitrogen and oxygen atoms in total. The maximum atomic E-state index is 12.4. The Morgan fingerprint density at radius 1 is 1.19 bits per heavy atom. The lowest BCUT2D eigenvalue weighted by molar-refractivity contribution is -0.136. The number of aromatic nitrogens is 4. The Balaban J connectivity index is 1.60. The minimum Gasteiger partial charge on any atom is -0.481 e. The molecule has 32 heavy (non-hydrogen) atoms. The number of carbonyl (C=O) groups excluding carboxylic acids is 2. The van der Waals surface area contributed by atoms with Gasteiger partial charge in [-0.05, 0) is 59.3 Å². The van der Waals surface area contributed by atoms with Gasteiger partial charge in [0.05, 0.1) is 12.1 Å². The molecule has 3 N–H and O–H groups in total. The number of tetrazole rings is 1. The summed E-state index contributed by atoms with van der Waals surface area (Å²) in [6.45, 7) is 1.55. The summed E-state index contributed by atoms with van der Waals surface area (Å²) in [7, 11) is 0. The quantitative estimate of drug-likeness (QED) is 0.443. The van der Waals surface area contributed by atoms with E-state index < -0.39 is 23.8 Å². The first-order valence-electron chi connectivity index (χ1n) is 9.45. The Morgan fingerprint density at radius 3 is 2.59 bits per heavy atom. The van der Waals surface area contributed by atoms with Crippen LogP contribution in [0.1, 0.15) is 18.1 Å². The van der Waals surface area contributed by atoms with Crippen LogP contribution in [0.5, 0.6) is 0 Å². The third kappa shape index (κ3) is 6.22. The number of nitrogens with zero attached hydrogens (tertiary/aromatic N) is 4. The van der Waals surface area contributed by atoms with E-state index in [0.717, 1.165) is 0 Å². The molecule has 3 aromatic rings. The Labute approximate surface area is 187 Å². The molecule has 11 heteroatoms. The summed E-state index contributed by atoms with van der Waals surface area (Å²) in [6.07, 6.45) is 4.14. The number of carbonyl (C=O) groups is 3. The zero-order chi connectivity index (χ0) is 23.1. The van der Waals surface area contributed by atoms with E-state index >= 15 is 0 Å². The number of amides is 2. The number of hydrogen-bond acceptors (Lipinski definition) is 6. The molecule has 2 aromatic carbocycles. The van der Waals surface area contributed by atoms with Crippen LogP contribution in [0.3, 0.4) is 0 Å². The number of anilines is 1. The molecule has 2 amide bonds. The lowest BCUT2D eigenvalue weighted by Crippen LogP contribution is -2.40. The largest absolute Gasteiger partial charge is 0.481 e. The molecule has 1 heterocycles. The highest BCUT2D eigenvalue weighted by molar-refractivity contribution is 6.30. The number of benzene rings is 2. The number of hydrogen-bond donors (Lipinski definition) is 3. The average molecular weight is 455 g/mol. The second-order valence-electron chi connectivity index (χ2n) is 6.78. The number of carboxylic acid groups (broad SMARTS) is 1. The van der Waals surface area contributed by atoms with Crippen molar-refractivity contribution in [2.75, 3.05) is 5.32 Å². The Morgan fingerprint density at radius 2 is 1.94 bits per heavy atom. The molecule has 0 saturated carbocycles. The van der Waals surface area contributed by atoms with Crippen molar-refractivity contribution in [3.63, 3.8) is 0 Å². The third-order valence-electron chi connectivity index (χ3n) is 4.33. The van der Waals surface area contributed by atoms with Gasteiger partial charge in [-0.15, -0.1) is 5.10 Å². The number of nitrogens with one attached hydrogen (secondary N) is 2. The van der Waals surface area contributed by atoms with Crippen molar-refractivity contribution in [1.82, 2.24) is 25.5 Å². The van der Waals surface area contributed by atoms with Crippen LogP contribution in [0.15, 0.2) is 54.9 Å². The number of rotatable bonds is 8. The lowest BCUT2D eigenvalue weighted by Gasteiger charge is -2.13. The van der Waals surface area contributed by atoms with Gasteiger partial charge in [-0.25, -0.2) is 0 Å². The van der Waals surface area contributed by atoms with Crippen molar-refractivity contribution in [2.24, 2.45) is 0 Å². The minimum absolute atomic E-state index is 0.102. The van der Waals surface area contributed by atoms with E-state index in [-0.39, 0.29) is 6.42 Å². The number of halogens is 1. The molecule has 0 unspecified atom stereocenters. The molecule has 0 fully saturated rings. The summed E-state index contributed by atoms with van der Waals surface area (Å²) in [5, 5.41) is 25.5. The van der Waals surface area contributed by atoms with Crippen LogP contribution in [0, 0.1) is 0 Å². The first-order valence-corrected chi connectivity index (χ1v) is 9.82. The molecule has 0 aliphatic carbocycles. The van der Waals surface area contributed by atoms with Gasteiger partial charge in [0.2, 0.25) is 11.8 Å². The van der Waals surface area contributed by atoms with Gasteiger partial charge in [0, 0.05) is 22.3 Å². The predicted molar refractivity (Wildman–Crippen MR) is 117 cm³/mol. The molecule has 0 saturated heterocycles. The highest BCUT2D eigenvalue weighted by atomic mass is 35.5. The lowest BCUT2D eigenvalue weighted by atomic mass is 10.1. The van der Waals surface area contributed by atoms with E-state index in [0.29, 0.717) is 27.5 Å². The van der Waals surface area contributed by atoms with Crippen LogP contribution in [0.4, 0.5) is 5.69 Å². The van der Waals surface area contributed by atoms with Gasteiger partial charge in [0.1, 0.15) is 12.4 Å². The minimum atomic E-state index is -0.936. The molecule has 3 rings (SSSR count). The fourth-order valence-electron chi connectivity index (χ4n) is 2.76. The monoisotopic (exact) mass is 454 g/mol. The van der Waals surface area contributed by atoms with E-state index in [4.69, 9.17) is 16.7 Å². The normalized spacial score (nSPS) is 11.8. The Kier molecular flexibility index (Phi) is 7.29. The second-order valence-corrected chi connectivity index (χ2v) is 7.21. The smallest absolute Gasteiger partial charge is 0.307 e. The molecular formula is C21H19ClN6O4. The van der Waals surface area contributed by atoms with Crippen LogP contribution in [-0.2, 0) is 20.8 Å². The summed E-state index contributed by atoms with van der Waals surface area (Å²) in [5.74, 6) is -1.84. The fourth-order valence-corrected chi connectivity index (χ4v) is 2.94. The summed E-state index contributed by atoms with van der Waals surface area (Å²) < 4.78 is 1.44. The SMILES string of the molecule is C[C@H](NC(=O)C=Cc1cc(Cl)ccc1-n1cnnn1)C(=O)Nc1ccc(CC(=O)O)cc1. The first-order chi connectivity index (χ1) is 15.3. The van der Waals surface area contributed by atoms with E-state index in [1.165, 1.54) is 17.1 Å². The summed E-state index contributed by atoms with van der Waals surface area (Å²) in [4.78, 5) is 35.4. The highest BCUT2D eigenvalue weighted by Crippen LogP contribution is 2.20. The van der Waals surface area contributed by atoms with Crippen LogP contribution < -0.4 is 10.6 Å². The molecule has 0 radical (unpaired) electrons. The van der Waals surface area contributed by atoms with Gasteiger partial charge >= 0.3 is 5.97 Å². The van der Waals surface area contributed by atoms with Gasteiger partial charge in [-0.2, -0.15) is 4.68 Å². The fraction of sp³-hybridized carbons (Fsp3) is 0.143. The summed E-state index contributed by atoms with van der Waals surface area (Å²) in [6, 6.07) is 10.7. The van der Waals surface area contributed by atoms with Crippen molar-refractivity contribution >= 4 is 41.1 Å². The van der Waals surface area contributed by atoms with Gasteiger partial charge < -0.3 is 15.7 Å². The third-order valence-corrected chi connectivity index (χ3v) is 4.56. The molecule has 1 atom stereocenters. The molecule has 0 spiro atoms. The first kappa shape index (κ1) is 22.6. The van der Waals surface area contributed by atoms with Gasteiger partial charge in [0.15, 0.2) is 0 Å². The van der Waals surface area contributed by atoms with Crippen molar-refractivity contribution in [1.29, 1.82) is 0 Å². The molecule has 0 bridgehead atoms. The van der Waals surface area contributed by atoms with Gasteiger partial charge in [0.25, 0.3) is 0 Å². The van der Waals surface area contributed by atoms with Crippen molar-refractivity contribution in [3.05, 3.63) is 71.0 Å². The zero-order valence-corrected chi connectivity index (χ0v) is 17.7. The molecule has 0 aliphatic heterocycles. The highest BCUT2D eigenvalue weighted by Gasteiger charge is 2.15. The van der Waals surface area contributed by atoms with E-state index in [1.54, 1.807) is 55.5 Å². The summed E-state index contributed by atoms with van der Waals surface area (Å²) in [5.41, 5.74) is 2.34. The molecule has 164 valence electrons. The second kappa shape index (κ2) is 10.3. The van der Waals surface area contributed by atoms with E-state index in [2.05, 4.69) is 26.2 Å². The maximum Gasteiger partial charge on any atom is 0.307 e. The van der Waals surface area contributed by atoms with Crippen LogP contribution in [0.2, 0.25) is 5.02 Å². The Hall–Kier alpha value is -4.05. The van der Waals surface area contributed by atoms with Gasteiger partial charge in [-0.3, -0.25) is 14.4 Å². The van der Waals surface area contributed by atoms with Gasteiger partial charge in [-0.1, -0.05) is 23.7 Å². The molecule has 1 aromatic heterocycles. The standard InChI is InChI=1S/C21H19ClN6O4/c1-13(21(32)25-17-6-2-14(3-7-17)10-20(30)31)24-19(29)9-4-15-11-16(22)5-8-18(15)28-12-23-26-27-28/h2-9,11-13H,10H2,1H3,(H,24,29)(H,25,32)(H,30,31)/t13-/m0/s1. The molecule has 0 aliphatic rings. The van der Waals surface area contributed by atoms with Crippen LogP contribution in [0.25, 0.3) is 11.8 Å². The maximum absolute atomic E-state index is 12.4.